The third kappa shape index (κ3) is 1.52. The van der Waals surface area contributed by atoms with Crippen molar-refractivity contribution in [1.29, 1.82) is 0 Å². The molecule has 0 aliphatic heterocycles. The van der Waals surface area contributed by atoms with E-state index >= 15 is 0 Å². The number of carboxylic acids is 1. The maximum absolute atomic E-state index is 14.5. The van der Waals surface area contributed by atoms with E-state index in [0.717, 1.165) is 18.4 Å². The molecule has 3 rings (SSSR count). The number of aryl methyl sites for hydroxylation is 1. The highest BCUT2D eigenvalue weighted by Crippen LogP contribution is 2.52. The van der Waals surface area contributed by atoms with Crippen LogP contribution in [-0.2, 0) is 17.3 Å². The zero-order valence-corrected chi connectivity index (χ0v) is 10.1. The molecule has 1 aliphatic carbocycles. The summed E-state index contributed by atoms with van der Waals surface area (Å²) in [4.78, 5) is 10.9. The second kappa shape index (κ2) is 3.57. The van der Waals surface area contributed by atoms with Crippen LogP contribution >= 0.6 is 0 Å². The first kappa shape index (κ1) is 11.3. The quantitative estimate of drug-likeness (QED) is 0.906. The molecule has 1 heterocycles. The van der Waals surface area contributed by atoms with Crippen molar-refractivity contribution in [2.24, 2.45) is 7.05 Å². The molecule has 3 nitrogen and oxygen atoms in total. The van der Waals surface area contributed by atoms with Gasteiger partial charge in [-0.15, -0.1) is 0 Å². The van der Waals surface area contributed by atoms with Crippen LogP contribution in [-0.4, -0.2) is 15.6 Å². The normalized spacial score (nSPS) is 17.0. The van der Waals surface area contributed by atoms with Gasteiger partial charge in [-0.25, -0.2) is 4.39 Å². The van der Waals surface area contributed by atoms with Crippen LogP contribution in [0, 0.1) is 5.82 Å². The molecule has 1 N–H and O–H groups in total. The van der Waals surface area contributed by atoms with Crippen LogP contribution < -0.4 is 0 Å². The van der Waals surface area contributed by atoms with Crippen LogP contribution in [0.1, 0.15) is 24.8 Å². The molecule has 1 saturated carbocycles. The lowest BCUT2D eigenvalue weighted by Gasteiger charge is -2.14. The Balaban J connectivity index is 2.13. The van der Waals surface area contributed by atoms with Crippen LogP contribution in [0.15, 0.2) is 24.4 Å². The van der Waals surface area contributed by atoms with Crippen molar-refractivity contribution in [2.75, 3.05) is 0 Å². The predicted molar refractivity (Wildman–Crippen MR) is 66.0 cm³/mol. The lowest BCUT2D eigenvalue weighted by Crippen LogP contribution is -2.14. The van der Waals surface area contributed by atoms with Gasteiger partial charge in [-0.2, -0.15) is 0 Å². The summed E-state index contributed by atoms with van der Waals surface area (Å²) < 4.78 is 16.3. The third-order valence-electron chi connectivity index (χ3n) is 3.92. The summed E-state index contributed by atoms with van der Waals surface area (Å²) >= 11 is 0. The number of aromatic nitrogens is 1. The fourth-order valence-corrected chi connectivity index (χ4v) is 2.71. The maximum atomic E-state index is 14.5. The first-order valence-corrected chi connectivity index (χ1v) is 5.99. The lowest BCUT2D eigenvalue weighted by molar-refractivity contribution is -0.137. The van der Waals surface area contributed by atoms with E-state index in [4.69, 9.17) is 5.11 Å². The van der Waals surface area contributed by atoms with Crippen LogP contribution in [0.25, 0.3) is 10.9 Å². The molecule has 1 aliphatic rings. The number of carbonyl (C=O) groups is 1. The first-order valence-electron chi connectivity index (χ1n) is 5.99. The second-order valence-electron chi connectivity index (χ2n) is 5.14. The van der Waals surface area contributed by atoms with Gasteiger partial charge in [0.25, 0.3) is 0 Å². The predicted octanol–water partition coefficient (Wildman–Crippen LogP) is 2.82. The molecule has 4 heteroatoms. The van der Waals surface area contributed by atoms with Crippen molar-refractivity contribution >= 4 is 16.9 Å². The molecule has 0 radical (unpaired) electrons. The summed E-state index contributed by atoms with van der Waals surface area (Å²) in [5, 5.41) is 9.51. The molecule has 0 saturated heterocycles. The van der Waals surface area contributed by atoms with Crippen molar-refractivity contribution < 1.29 is 14.3 Å². The van der Waals surface area contributed by atoms with E-state index in [1.54, 1.807) is 12.1 Å². The Morgan fingerprint density at radius 3 is 2.78 bits per heavy atom. The Morgan fingerprint density at radius 1 is 1.44 bits per heavy atom. The van der Waals surface area contributed by atoms with Gasteiger partial charge in [-0.3, -0.25) is 4.79 Å². The highest BCUT2D eigenvalue weighted by Gasteiger charge is 2.47. The standard InChI is InChI=1S/C14H14FNO2/c1-16-7-4-9-11(16)3-2-10(13(9)15)14(5-6-14)8-12(17)18/h2-4,7H,5-6,8H2,1H3,(H,17,18). The summed E-state index contributed by atoms with van der Waals surface area (Å²) in [6.45, 7) is 0. The molecule has 0 amide bonds. The van der Waals surface area contributed by atoms with Gasteiger partial charge in [0.2, 0.25) is 0 Å². The number of halogens is 1. The van der Waals surface area contributed by atoms with Gasteiger partial charge in [0, 0.05) is 24.0 Å². The smallest absolute Gasteiger partial charge is 0.304 e. The number of nitrogens with zero attached hydrogens (tertiary/aromatic N) is 1. The Hall–Kier alpha value is -1.84. The van der Waals surface area contributed by atoms with Gasteiger partial charge < -0.3 is 9.67 Å². The van der Waals surface area contributed by atoms with E-state index in [1.807, 2.05) is 23.9 Å². The van der Waals surface area contributed by atoms with Crippen molar-refractivity contribution in [3.05, 3.63) is 35.8 Å². The molecule has 0 bridgehead atoms. The van der Waals surface area contributed by atoms with E-state index in [9.17, 15) is 9.18 Å². The number of hydrogen-bond acceptors (Lipinski definition) is 1. The summed E-state index contributed by atoms with van der Waals surface area (Å²) in [6.07, 6.45) is 3.35. The summed E-state index contributed by atoms with van der Waals surface area (Å²) in [5.74, 6) is -1.12. The van der Waals surface area contributed by atoms with Crippen LogP contribution in [0.5, 0.6) is 0 Å². The number of rotatable bonds is 3. The number of aliphatic carboxylic acids is 1. The molecule has 1 fully saturated rings. The zero-order valence-electron chi connectivity index (χ0n) is 10.1. The summed E-state index contributed by atoms with van der Waals surface area (Å²) in [5.41, 5.74) is 0.922. The van der Waals surface area contributed by atoms with Crippen molar-refractivity contribution in [2.45, 2.75) is 24.7 Å². The van der Waals surface area contributed by atoms with E-state index < -0.39 is 11.4 Å². The van der Waals surface area contributed by atoms with Crippen molar-refractivity contribution in [1.82, 2.24) is 4.57 Å². The highest BCUT2D eigenvalue weighted by molar-refractivity contribution is 5.82. The topological polar surface area (TPSA) is 42.2 Å². The molecular formula is C14H14FNO2. The fraction of sp³-hybridized carbons (Fsp3) is 0.357. The average molecular weight is 247 g/mol. The molecule has 18 heavy (non-hydrogen) atoms. The minimum absolute atomic E-state index is 0.0161. The number of fused-ring (bicyclic) bond motifs is 1. The lowest BCUT2D eigenvalue weighted by atomic mass is 9.91. The minimum atomic E-state index is -0.861. The summed E-state index contributed by atoms with van der Waals surface area (Å²) in [7, 11) is 1.87. The zero-order chi connectivity index (χ0) is 12.9. The van der Waals surface area contributed by atoms with Crippen molar-refractivity contribution in [3.8, 4) is 0 Å². The molecule has 1 aromatic heterocycles. The summed E-state index contributed by atoms with van der Waals surface area (Å²) in [6, 6.07) is 5.36. The Morgan fingerprint density at radius 2 is 2.17 bits per heavy atom. The Bertz CT molecular complexity index is 641. The first-order chi connectivity index (χ1) is 8.53. The largest absolute Gasteiger partial charge is 0.481 e. The molecule has 0 unspecified atom stereocenters. The van der Waals surface area contributed by atoms with Gasteiger partial charge in [-0.1, -0.05) is 6.07 Å². The number of benzene rings is 1. The van der Waals surface area contributed by atoms with Gasteiger partial charge in [0.05, 0.1) is 11.9 Å². The van der Waals surface area contributed by atoms with Gasteiger partial charge >= 0.3 is 5.97 Å². The monoisotopic (exact) mass is 247 g/mol. The van der Waals surface area contributed by atoms with Crippen LogP contribution in [0.3, 0.4) is 0 Å². The van der Waals surface area contributed by atoms with Crippen molar-refractivity contribution in [3.63, 3.8) is 0 Å². The third-order valence-corrected chi connectivity index (χ3v) is 3.92. The van der Waals surface area contributed by atoms with Gasteiger partial charge in [0.1, 0.15) is 5.82 Å². The number of hydrogen-bond donors (Lipinski definition) is 1. The molecular weight excluding hydrogens is 233 g/mol. The molecule has 0 atom stereocenters. The average Bonchev–Trinajstić information content (AvgIpc) is 2.96. The van der Waals surface area contributed by atoms with E-state index in [1.165, 1.54) is 0 Å². The van der Waals surface area contributed by atoms with Gasteiger partial charge in [-0.05, 0) is 30.5 Å². The Labute approximate surface area is 104 Å². The SMILES string of the molecule is Cn1ccc2c(F)c(C3(CC(=O)O)CC3)ccc21. The molecule has 1 aromatic carbocycles. The van der Waals surface area contributed by atoms with Crippen LogP contribution in [0.2, 0.25) is 0 Å². The van der Waals surface area contributed by atoms with E-state index in [0.29, 0.717) is 10.9 Å². The minimum Gasteiger partial charge on any atom is -0.481 e. The molecule has 94 valence electrons. The van der Waals surface area contributed by atoms with Crippen LogP contribution in [0.4, 0.5) is 4.39 Å². The fourth-order valence-electron chi connectivity index (χ4n) is 2.71. The van der Waals surface area contributed by atoms with E-state index in [-0.39, 0.29) is 12.2 Å². The van der Waals surface area contributed by atoms with Gasteiger partial charge in [0.15, 0.2) is 0 Å². The maximum Gasteiger partial charge on any atom is 0.304 e. The van der Waals surface area contributed by atoms with E-state index in [2.05, 4.69) is 0 Å². The highest BCUT2D eigenvalue weighted by atomic mass is 19.1. The number of carboxylic acid groups (broad SMARTS) is 1. The second-order valence-corrected chi connectivity index (χ2v) is 5.14. The molecule has 0 spiro atoms. The Kier molecular flexibility index (Phi) is 2.24. The molecule has 2 aromatic rings.